The summed E-state index contributed by atoms with van der Waals surface area (Å²) >= 11 is 1.68. The number of aromatic nitrogens is 2. The van der Waals surface area contributed by atoms with Crippen molar-refractivity contribution < 1.29 is 14.6 Å². The molecule has 3 aromatic rings. The number of ether oxygens (including phenoxy) is 2. The van der Waals surface area contributed by atoms with Crippen LogP contribution in [-0.2, 0) is 13.2 Å². The Hall–Kier alpha value is -2.22. The molecule has 0 aliphatic carbocycles. The average molecular weight is 400 g/mol. The molecule has 6 nitrogen and oxygen atoms in total. The van der Waals surface area contributed by atoms with Gasteiger partial charge in [-0.1, -0.05) is 6.07 Å². The summed E-state index contributed by atoms with van der Waals surface area (Å²) in [5, 5.41) is 10.3. The molecule has 0 amide bonds. The van der Waals surface area contributed by atoms with Crippen LogP contribution in [-0.4, -0.2) is 40.2 Å². The van der Waals surface area contributed by atoms with Gasteiger partial charge in [0.05, 0.1) is 25.6 Å². The Kier molecular flexibility index (Phi) is 5.48. The molecule has 28 heavy (non-hydrogen) atoms. The molecule has 0 unspecified atom stereocenters. The lowest BCUT2D eigenvalue weighted by molar-refractivity contribution is 0.280. The molecule has 0 bridgehead atoms. The first-order chi connectivity index (χ1) is 13.6. The van der Waals surface area contributed by atoms with E-state index in [9.17, 15) is 5.11 Å². The Labute approximate surface area is 168 Å². The van der Waals surface area contributed by atoms with E-state index in [0.29, 0.717) is 17.4 Å². The summed E-state index contributed by atoms with van der Waals surface area (Å²) in [5.74, 6) is 2.51. The number of aryl methyl sites for hydroxylation is 2. The Morgan fingerprint density at radius 1 is 1.14 bits per heavy atom. The van der Waals surface area contributed by atoms with Crippen molar-refractivity contribution in [2.45, 2.75) is 39.8 Å². The van der Waals surface area contributed by atoms with Gasteiger partial charge in [0, 0.05) is 4.88 Å². The molecule has 0 spiro atoms. The van der Waals surface area contributed by atoms with Gasteiger partial charge in [0.15, 0.2) is 11.5 Å². The summed E-state index contributed by atoms with van der Waals surface area (Å²) in [6, 6.07) is 5.42. The van der Waals surface area contributed by atoms with Gasteiger partial charge in [-0.2, -0.15) is 4.98 Å². The maximum atomic E-state index is 9.37. The van der Waals surface area contributed by atoms with Gasteiger partial charge in [-0.05, 0) is 63.0 Å². The molecule has 0 atom stereocenters. The maximum absolute atomic E-state index is 9.37. The standard InChI is InChI=1S/C21H25N3O3S/c1-13-14(2)28-21-19(13)20(22-18(23-21)11-24-8-4-5-9-24)27-16-7-6-15(12-25)10-17(16)26-3/h6-7,10,25H,4-5,8-9,11-12H2,1-3H3. The Bertz CT molecular complexity index is 996. The third kappa shape index (κ3) is 3.70. The highest BCUT2D eigenvalue weighted by molar-refractivity contribution is 7.18. The largest absolute Gasteiger partial charge is 0.493 e. The van der Waals surface area contributed by atoms with E-state index in [1.807, 2.05) is 12.1 Å². The lowest BCUT2D eigenvalue weighted by atomic mass is 10.2. The van der Waals surface area contributed by atoms with E-state index >= 15 is 0 Å². The highest BCUT2D eigenvalue weighted by Gasteiger charge is 2.20. The second-order valence-electron chi connectivity index (χ2n) is 7.14. The Balaban J connectivity index is 1.76. The number of hydrogen-bond acceptors (Lipinski definition) is 7. The van der Waals surface area contributed by atoms with Gasteiger partial charge in [0.2, 0.25) is 5.88 Å². The summed E-state index contributed by atoms with van der Waals surface area (Å²) in [6.45, 7) is 7.06. The van der Waals surface area contributed by atoms with Gasteiger partial charge < -0.3 is 14.6 Å². The first kappa shape index (κ1) is 19.1. The van der Waals surface area contributed by atoms with Crippen LogP contribution in [0, 0.1) is 13.8 Å². The van der Waals surface area contributed by atoms with E-state index in [4.69, 9.17) is 19.4 Å². The number of rotatable bonds is 6. The molecule has 0 radical (unpaired) electrons. The SMILES string of the molecule is COc1cc(CO)ccc1Oc1nc(CN2CCCC2)nc2sc(C)c(C)c12. The summed E-state index contributed by atoms with van der Waals surface area (Å²) in [7, 11) is 1.59. The molecule has 1 aliphatic rings. The molecular weight excluding hydrogens is 374 g/mol. The van der Waals surface area contributed by atoms with Crippen molar-refractivity contribution in [1.29, 1.82) is 0 Å². The second kappa shape index (κ2) is 8.03. The smallest absolute Gasteiger partial charge is 0.231 e. The molecular formula is C21H25N3O3S. The Morgan fingerprint density at radius 3 is 2.64 bits per heavy atom. The van der Waals surface area contributed by atoms with Crippen molar-refractivity contribution >= 4 is 21.6 Å². The molecule has 148 valence electrons. The average Bonchev–Trinajstić information content (AvgIpc) is 3.30. The quantitative estimate of drug-likeness (QED) is 0.670. The third-order valence-corrected chi connectivity index (χ3v) is 6.32. The highest BCUT2D eigenvalue weighted by Crippen LogP contribution is 2.39. The van der Waals surface area contributed by atoms with E-state index in [-0.39, 0.29) is 6.61 Å². The number of aliphatic hydroxyl groups is 1. The van der Waals surface area contributed by atoms with Gasteiger partial charge in [0.25, 0.3) is 0 Å². The van der Waals surface area contributed by atoms with Crippen LogP contribution in [0.15, 0.2) is 18.2 Å². The lowest BCUT2D eigenvalue weighted by Gasteiger charge is -2.15. The zero-order valence-corrected chi connectivity index (χ0v) is 17.3. The van der Waals surface area contributed by atoms with E-state index in [0.717, 1.165) is 46.8 Å². The summed E-state index contributed by atoms with van der Waals surface area (Å²) in [4.78, 5) is 14.2. The summed E-state index contributed by atoms with van der Waals surface area (Å²) < 4.78 is 11.7. The monoisotopic (exact) mass is 399 g/mol. The minimum atomic E-state index is -0.0444. The van der Waals surface area contributed by atoms with Crippen LogP contribution in [0.25, 0.3) is 10.2 Å². The van der Waals surface area contributed by atoms with Gasteiger partial charge in [0.1, 0.15) is 10.7 Å². The fourth-order valence-corrected chi connectivity index (χ4v) is 4.58. The van der Waals surface area contributed by atoms with Crippen LogP contribution >= 0.6 is 11.3 Å². The zero-order chi connectivity index (χ0) is 19.7. The van der Waals surface area contributed by atoms with E-state index in [1.54, 1.807) is 24.5 Å². The van der Waals surface area contributed by atoms with Crippen molar-refractivity contribution in [3.05, 3.63) is 40.0 Å². The van der Waals surface area contributed by atoms with E-state index in [1.165, 1.54) is 17.7 Å². The zero-order valence-electron chi connectivity index (χ0n) is 16.5. The van der Waals surface area contributed by atoms with Crippen LogP contribution < -0.4 is 9.47 Å². The first-order valence-electron chi connectivity index (χ1n) is 9.53. The van der Waals surface area contributed by atoms with E-state index in [2.05, 4.69) is 18.7 Å². The van der Waals surface area contributed by atoms with E-state index < -0.39 is 0 Å². The summed E-state index contributed by atoms with van der Waals surface area (Å²) in [6.07, 6.45) is 2.47. The molecule has 1 saturated heterocycles. The van der Waals surface area contributed by atoms with Crippen molar-refractivity contribution in [2.75, 3.05) is 20.2 Å². The third-order valence-electron chi connectivity index (χ3n) is 5.22. The number of likely N-dealkylation sites (tertiary alicyclic amines) is 1. The topological polar surface area (TPSA) is 67.7 Å². The van der Waals surface area contributed by atoms with Gasteiger partial charge in [-0.3, -0.25) is 4.90 Å². The Morgan fingerprint density at radius 2 is 1.93 bits per heavy atom. The minimum absolute atomic E-state index is 0.0444. The molecule has 1 aliphatic heterocycles. The molecule has 1 N–H and O–H groups in total. The van der Waals surface area contributed by atoms with Gasteiger partial charge in [-0.25, -0.2) is 4.98 Å². The first-order valence-corrected chi connectivity index (χ1v) is 10.3. The fraction of sp³-hybridized carbons (Fsp3) is 0.429. The predicted molar refractivity (Wildman–Crippen MR) is 110 cm³/mol. The second-order valence-corrected chi connectivity index (χ2v) is 8.34. The molecule has 1 fully saturated rings. The van der Waals surface area contributed by atoms with Crippen molar-refractivity contribution in [1.82, 2.24) is 14.9 Å². The fourth-order valence-electron chi connectivity index (χ4n) is 3.54. The van der Waals surface area contributed by atoms with Crippen LogP contribution in [0.2, 0.25) is 0 Å². The van der Waals surface area contributed by atoms with Crippen molar-refractivity contribution in [2.24, 2.45) is 0 Å². The predicted octanol–water partition coefficient (Wildman–Crippen LogP) is 4.20. The van der Waals surface area contributed by atoms with Gasteiger partial charge >= 0.3 is 0 Å². The maximum Gasteiger partial charge on any atom is 0.231 e. The number of thiophene rings is 1. The van der Waals surface area contributed by atoms with Crippen molar-refractivity contribution in [3.8, 4) is 17.4 Å². The normalized spacial score (nSPS) is 14.7. The van der Waals surface area contributed by atoms with Gasteiger partial charge in [-0.15, -0.1) is 11.3 Å². The van der Waals surface area contributed by atoms with Crippen LogP contribution in [0.5, 0.6) is 17.4 Å². The number of hydrogen-bond donors (Lipinski definition) is 1. The number of nitrogens with zero attached hydrogens (tertiary/aromatic N) is 3. The number of benzene rings is 1. The number of aliphatic hydroxyl groups excluding tert-OH is 1. The minimum Gasteiger partial charge on any atom is -0.493 e. The molecule has 4 rings (SSSR count). The van der Waals surface area contributed by atoms with Crippen molar-refractivity contribution in [3.63, 3.8) is 0 Å². The van der Waals surface area contributed by atoms with Crippen LogP contribution in [0.3, 0.4) is 0 Å². The highest BCUT2D eigenvalue weighted by atomic mass is 32.1. The number of fused-ring (bicyclic) bond motifs is 1. The molecule has 1 aromatic carbocycles. The molecule has 3 heterocycles. The summed E-state index contributed by atoms with van der Waals surface area (Å²) in [5.41, 5.74) is 1.92. The molecule has 2 aromatic heterocycles. The van der Waals surface area contributed by atoms with Crippen LogP contribution in [0.1, 0.15) is 34.7 Å². The molecule has 7 heteroatoms. The number of methoxy groups -OCH3 is 1. The van der Waals surface area contributed by atoms with Crippen LogP contribution in [0.4, 0.5) is 0 Å². The lowest BCUT2D eigenvalue weighted by Crippen LogP contribution is -2.20. The molecule has 0 saturated carbocycles.